The highest BCUT2D eigenvalue weighted by atomic mass is 16.5. The third kappa shape index (κ3) is 4.01. The molecule has 1 aromatic carbocycles. The van der Waals surface area contributed by atoms with Crippen LogP contribution in [0.3, 0.4) is 0 Å². The largest absolute Gasteiger partial charge is 0.496 e. The maximum Gasteiger partial charge on any atom is 0.342 e. The van der Waals surface area contributed by atoms with E-state index >= 15 is 0 Å². The van der Waals surface area contributed by atoms with Gasteiger partial charge in [0.15, 0.2) is 6.61 Å². The summed E-state index contributed by atoms with van der Waals surface area (Å²) in [4.78, 5) is 24.1. The Hall–Kier alpha value is -2.55. The first kappa shape index (κ1) is 16.8. The summed E-state index contributed by atoms with van der Waals surface area (Å²) in [5.74, 6) is -0.697. The molecular formula is C17H20N2O4. The van der Waals surface area contributed by atoms with Crippen molar-refractivity contribution in [2.75, 3.05) is 13.7 Å². The normalized spacial score (nSPS) is 15.5. The van der Waals surface area contributed by atoms with Crippen LogP contribution in [0.25, 0.3) is 0 Å². The van der Waals surface area contributed by atoms with Crippen LogP contribution in [-0.4, -0.2) is 31.1 Å². The Kier molecular flexibility index (Phi) is 5.22. The number of nitriles is 1. The van der Waals surface area contributed by atoms with Gasteiger partial charge in [0.05, 0.1) is 13.2 Å². The Morgan fingerprint density at radius 1 is 1.35 bits per heavy atom. The van der Waals surface area contributed by atoms with Gasteiger partial charge >= 0.3 is 5.97 Å². The minimum Gasteiger partial charge on any atom is -0.496 e. The van der Waals surface area contributed by atoms with E-state index in [0.717, 1.165) is 18.4 Å². The zero-order valence-corrected chi connectivity index (χ0v) is 13.3. The number of nitrogens with zero attached hydrogens (tertiary/aromatic N) is 1. The van der Waals surface area contributed by atoms with Crippen LogP contribution in [0, 0.1) is 18.3 Å². The van der Waals surface area contributed by atoms with Gasteiger partial charge in [0, 0.05) is 0 Å². The van der Waals surface area contributed by atoms with Crippen LogP contribution in [-0.2, 0) is 9.53 Å². The summed E-state index contributed by atoms with van der Waals surface area (Å²) < 4.78 is 10.2. The predicted molar refractivity (Wildman–Crippen MR) is 83.0 cm³/mol. The zero-order valence-electron chi connectivity index (χ0n) is 13.3. The number of ether oxygens (including phenoxy) is 2. The molecule has 0 aromatic heterocycles. The summed E-state index contributed by atoms with van der Waals surface area (Å²) in [7, 11) is 1.46. The van der Waals surface area contributed by atoms with E-state index in [-0.39, 0.29) is 5.56 Å². The van der Waals surface area contributed by atoms with Crippen molar-refractivity contribution in [3.05, 3.63) is 29.3 Å². The molecule has 0 bridgehead atoms. The van der Waals surface area contributed by atoms with Gasteiger partial charge < -0.3 is 14.8 Å². The second-order valence-corrected chi connectivity index (χ2v) is 5.73. The molecule has 2 rings (SSSR count). The van der Waals surface area contributed by atoms with Gasteiger partial charge in [0.25, 0.3) is 5.91 Å². The zero-order chi connectivity index (χ0) is 16.9. The second kappa shape index (κ2) is 7.14. The third-order valence-electron chi connectivity index (χ3n) is 3.96. The van der Waals surface area contributed by atoms with E-state index in [1.807, 2.05) is 13.0 Å². The lowest BCUT2D eigenvalue weighted by atomic mass is 10.00. The lowest BCUT2D eigenvalue weighted by Gasteiger charge is -2.21. The summed E-state index contributed by atoms with van der Waals surface area (Å²) >= 11 is 0. The van der Waals surface area contributed by atoms with Crippen molar-refractivity contribution in [3.63, 3.8) is 0 Å². The smallest absolute Gasteiger partial charge is 0.342 e. The van der Waals surface area contributed by atoms with E-state index < -0.39 is 24.0 Å². The number of rotatable bonds is 5. The highest BCUT2D eigenvalue weighted by Crippen LogP contribution is 2.28. The average molecular weight is 316 g/mol. The fraction of sp³-hybridized carbons (Fsp3) is 0.471. The first-order valence-corrected chi connectivity index (χ1v) is 7.54. The van der Waals surface area contributed by atoms with Gasteiger partial charge in [-0.15, -0.1) is 0 Å². The third-order valence-corrected chi connectivity index (χ3v) is 3.96. The van der Waals surface area contributed by atoms with Crippen molar-refractivity contribution in [3.8, 4) is 11.8 Å². The van der Waals surface area contributed by atoms with Gasteiger partial charge in [-0.2, -0.15) is 5.26 Å². The van der Waals surface area contributed by atoms with Gasteiger partial charge in [0.1, 0.15) is 16.9 Å². The standard InChI is InChI=1S/C17H20N2O4/c1-12-5-6-14(22-2)13(9-12)16(21)23-10-15(20)19-17(11-18)7-3-4-8-17/h5-6,9H,3-4,7-8,10H2,1-2H3,(H,19,20). The Labute approximate surface area is 135 Å². The summed E-state index contributed by atoms with van der Waals surface area (Å²) in [5.41, 5.74) is 0.345. The SMILES string of the molecule is COc1ccc(C)cc1C(=O)OCC(=O)NC1(C#N)CCCC1. The van der Waals surface area contributed by atoms with Crippen LogP contribution in [0.4, 0.5) is 0 Å². The van der Waals surface area contributed by atoms with Crippen molar-refractivity contribution in [1.82, 2.24) is 5.32 Å². The van der Waals surface area contributed by atoms with Gasteiger partial charge in [-0.25, -0.2) is 4.79 Å². The van der Waals surface area contributed by atoms with E-state index in [1.165, 1.54) is 7.11 Å². The van der Waals surface area contributed by atoms with Gasteiger partial charge in [-0.05, 0) is 44.7 Å². The van der Waals surface area contributed by atoms with Crippen LogP contribution in [0.15, 0.2) is 18.2 Å². The van der Waals surface area contributed by atoms with Crippen LogP contribution in [0.1, 0.15) is 41.6 Å². The fourth-order valence-electron chi connectivity index (χ4n) is 2.74. The minimum absolute atomic E-state index is 0.274. The molecule has 1 amide bonds. The predicted octanol–water partition coefficient (Wildman–Crippen LogP) is 2.11. The second-order valence-electron chi connectivity index (χ2n) is 5.73. The topological polar surface area (TPSA) is 88.4 Å². The van der Waals surface area contributed by atoms with E-state index in [2.05, 4.69) is 11.4 Å². The Balaban J connectivity index is 1.95. The summed E-state index contributed by atoms with van der Waals surface area (Å²) in [6.07, 6.45) is 3.09. The molecule has 0 radical (unpaired) electrons. The molecular weight excluding hydrogens is 296 g/mol. The molecule has 0 aliphatic heterocycles. The van der Waals surface area contributed by atoms with Crippen molar-refractivity contribution in [2.45, 2.75) is 38.1 Å². The summed E-state index contributed by atoms with van der Waals surface area (Å²) in [6.45, 7) is 1.43. The van der Waals surface area contributed by atoms with Crippen molar-refractivity contribution >= 4 is 11.9 Å². The number of hydrogen-bond acceptors (Lipinski definition) is 5. The molecule has 6 heteroatoms. The molecule has 1 aliphatic rings. The highest BCUT2D eigenvalue weighted by molar-refractivity contribution is 5.94. The molecule has 0 atom stereocenters. The molecule has 0 saturated heterocycles. The molecule has 1 N–H and O–H groups in total. The number of carbonyl (C=O) groups excluding carboxylic acids is 2. The number of benzene rings is 1. The number of amides is 1. The Morgan fingerprint density at radius 3 is 2.65 bits per heavy atom. The quantitative estimate of drug-likeness (QED) is 0.841. The number of aryl methyl sites for hydroxylation is 1. The molecule has 1 aromatic rings. The first-order valence-electron chi connectivity index (χ1n) is 7.54. The molecule has 1 saturated carbocycles. The number of carbonyl (C=O) groups is 2. The lowest BCUT2D eigenvalue weighted by molar-refractivity contribution is -0.125. The van der Waals surface area contributed by atoms with Crippen LogP contribution in [0.5, 0.6) is 5.75 Å². The molecule has 122 valence electrons. The minimum atomic E-state index is -0.815. The lowest BCUT2D eigenvalue weighted by Crippen LogP contribution is -2.46. The van der Waals surface area contributed by atoms with E-state index in [9.17, 15) is 14.9 Å². The van der Waals surface area contributed by atoms with Gasteiger partial charge in [-0.1, -0.05) is 11.6 Å². The number of nitrogens with one attached hydrogen (secondary N) is 1. The molecule has 1 fully saturated rings. The van der Waals surface area contributed by atoms with Crippen molar-refractivity contribution in [2.24, 2.45) is 0 Å². The molecule has 1 aliphatic carbocycles. The summed E-state index contributed by atoms with van der Waals surface area (Å²) in [6, 6.07) is 7.30. The first-order chi connectivity index (χ1) is 11.0. The van der Waals surface area contributed by atoms with Gasteiger partial charge in [0.2, 0.25) is 0 Å². The van der Waals surface area contributed by atoms with E-state index in [0.29, 0.717) is 18.6 Å². The molecule has 0 heterocycles. The maximum absolute atomic E-state index is 12.1. The van der Waals surface area contributed by atoms with Crippen molar-refractivity contribution < 1.29 is 19.1 Å². The maximum atomic E-state index is 12.1. The Bertz CT molecular complexity index is 642. The molecule has 0 spiro atoms. The molecule has 23 heavy (non-hydrogen) atoms. The van der Waals surface area contributed by atoms with E-state index in [1.54, 1.807) is 12.1 Å². The van der Waals surface area contributed by atoms with Gasteiger partial charge in [-0.3, -0.25) is 4.79 Å². The number of esters is 1. The fourth-order valence-corrected chi connectivity index (χ4v) is 2.74. The monoisotopic (exact) mass is 316 g/mol. The number of methoxy groups -OCH3 is 1. The Morgan fingerprint density at radius 2 is 2.04 bits per heavy atom. The van der Waals surface area contributed by atoms with Crippen LogP contribution >= 0.6 is 0 Å². The highest BCUT2D eigenvalue weighted by Gasteiger charge is 2.35. The van der Waals surface area contributed by atoms with Crippen molar-refractivity contribution in [1.29, 1.82) is 5.26 Å². The van der Waals surface area contributed by atoms with E-state index in [4.69, 9.17) is 9.47 Å². The number of hydrogen-bond donors (Lipinski definition) is 1. The van der Waals surface area contributed by atoms with Crippen LogP contribution in [0.2, 0.25) is 0 Å². The molecule has 6 nitrogen and oxygen atoms in total. The molecule has 0 unspecified atom stereocenters. The van der Waals surface area contributed by atoms with Crippen LogP contribution < -0.4 is 10.1 Å². The summed E-state index contributed by atoms with van der Waals surface area (Å²) in [5, 5.41) is 11.9. The average Bonchev–Trinajstić information content (AvgIpc) is 3.01.